The van der Waals surface area contributed by atoms with Crippen molar-refractivity contribution >= 4 is 11.6 Å². The fourth-order valence-corrected chi connectivity index (χ4v) is 3.79. The van der Waals surface area contributed by atoms with Gasteiger partial charge in [0.05, 0.1) is 16.8 Å². The Balaban J connectivity index is 1.33. The number of ether oxygens (including phenoxy) is 1. The van der Waals surface area contributed by atoms with Gasteiger partial charge in [0.1, 0.15) is 18.1 Å². The van der Waals surface area contributed by atoms with Crippen LogP contribution < -0.4 is 9.64 Å². The summed E-state index contributed by atoms with van der Waals surface area (Å²) in [5.74, 6) is 1.22. The molecular formula is C24H24F3N3O3. The number of amides is 1. The van der Waals surface area contributed by atoms with Gasteiger partial charge in [0.2, 0.25) is 0 Å². The second-order valence-corrected chi connectivity index (χ2v) is 7.94. The highest BCUT2D eigenvalue weighted by Crippen LogP contribution is 2.32. The van der Waals surface area contributed by atoms with Gasteiger partial charge < -0.3 is 19.1 Å². The van der Waals surface area contributed by atoms with Crippen LogP contribution >= 0.6 is 0 Å². The number of rotatable bonds is 5. The maximum atomic E-state index is 13.0. The molecule has 9 heteroatoms. The van der Waals surface area contributed by atoms with E-state index in [9.17, 15) is 18.0 Å². The van der Waals surface area contributed by atoms with E-state index >= 15 is 0 Å². The number of piperazine rings is 1. The average Bonchev–Trinajstić information content (AvgIpc) is 3.14. The van der Waals surface area contributed by atoms with Crippen molar-refractivity contribution < 1.29 is 27.2 Å². The Morgan fingerprint density at radius 1 is 1.06 bits per heavy atom. The van der Waals surface area contributed by atoms with Crippen LogP contribution in [0.15, 0.2) is 53.1 Å². The molecule has 0 saturated carbocycles. The van der Waals surface area contributed by atoms with Crippen LogP contribution in [0, 0.1) is 13.8 Å². The second-order valence-electron chi connectivity index (χ2n) is 7.94. The first-order chi connectivity index (χ1) is 15.7. The third kappa shape index (κ3) is 5.13. The number of benzene rings is 2. The van der Waals surface area contributed by atoms with Crippen molar-refractivity contribution in [1.29, 1.82) is 0 Å². The number of carbonyl (C=O) groups excluding carboxylic acids is 1. The predicted octanol–water partition coefficient (Wildman–Crippen LogP) is 4.85. The SMILES string of the molecule is Cc1noc(C)c1COc1ccc(C(=O)N2CCN(c3cccc(C(F)(F)F)c3)CC2)cc1. The third-order valence-corrected chi connectivity index (χ3v) is 5.77. The standard InChI is InChI=1S/C24H24F3N3O3/c1-16-22(17(2)33-28-16)15-32-21-8-6-18(7-9-21)23(31)30-12-10-29(11-13-30)20-5-3-4-19(14-20)24(25,26)27/h3-9,14H,10-13,15H2,1-2H3. The highest BCUT2D eigenvalue weighted by atomic mass is 19.4. The molecular weight excluding hydrogens is 435 g/mol. The van der Waals surface area contributed by atoms with Crippen LogP contribution in [0.25, 0.3) is 0 Å². The monoisotopic (exact) mass is 459 g/mol. The normalized spacial score (nSPS) is 14.5. The zero-order valence-electron chi connectivity index (χ0n) is 18.4. The minimum Gasteiger partial charge on any atom is -0.489 e. The van der Waals surface area contributed by atoms with Gasteiger partial charge in [-0.25, -0.2) is 0 Å². The first-order valence-electron chi connectivity index (χ1n) is 10.6. The molecule has 1 aliphatic heterocycles. The van der Waals surface area contributed by atoms with Gasteiger partial charge in [-0.05, 0) is 56.3 Å². The molecule has 3 aromatic rings. The molecule has 174 valence electrons. The summed E-state index contributed by atoms with van der Waals surface area (Å²) in [6, 6.07) is 12.2. The van der Waals surface area contributed by atoms with E-state index in [-0.39, 0.29) is 5.91 Å². The molecule has 0 bridgehead atoms. The van der Waals surface area contributed by atoms with Crippen molar-refractivity contribution in [3.8, 4) is 5.75 Å². The number of carbonyl (C=O) groups is 1. The topological polar surface area (TPSA) is 58.8 Å². The number of nitrogens with zero attached hydrogens (tertiary/aromatic N) is 3. The molecule has 2 heterocycles. The first kappa shape index (κ1) is 22.7. The smallest absolute Gasteiger partial charge is 0.416 e. The van der Waals surface area contributed by atoms with Crippen molar-refractivity contribution in [1.82, 2.24) is 10.1 Å². The summed E-state index contributed by atoms with van der Waals surface area (Å²) in [5.41, 5.74) is 2.05. The Morgan fingerprint density at radius 2 is 1.76 bits per heavy atom. The Kier molecular flexibility index (Phi) is 6.31. The molecule has 1 aromatic heterocycles. The van der Waals surface area contributed by atoms with Crippen LogP contribution in [-0.2, 0) is 12.8 Å². The summed E-state index contributed by atoms with van der Waals surface area (Å²) in [7, 11) is 0. The lowest BCUT2D eigenvalue weighted by Gasteiger charge is -2.36. The predicted molar refractivity (Wildman–Crippen MR) is 116 cm³/mol. The van der Waals surface area contributed by atoms with Crippen molar-refractivity contribution in [2.75, 3.05) is 31.1 Å². The van der Waals surface area contributed by atoms with Crippen molar-refractivity contribution in [2.24, 2.45) is 0 Å². The van der Waals surface area contributed by atoms with E-state index in [0.717, 1.165) is 23.4 Å². The maximum absolute atomic E-state index is 13.0. The van der Waals surface area contributed by atoms with Crippen LogP contribution in [-0.4, -0.2) is 42.1 Å². The quantitative estimate of drug-likeness (QED) is 0.546. The lowest BCUT2D eigenvalue weighted by Crippen LogP contribution is -2.48. The molecule has 0 aliphatic carbocycles. The zero-order chi connectivity index (χ0) is 23.6. The molecule has 1 amide bonds. The molecule has 0 N–H and O–H groups in total. The Morgan fingerprint density at radius 3 is 2.36 bits per heavy atom. The molecule has 1 aliphatic rings. The van der Waals surface area contributed by atoms with Gasteiger partial charge >= 0.3 is 6.18 Å². The summed E-state index contributed by atoms with van der Waals surface area (Å²) in [4.78, 5) is 16.4. The number of hydrogen-bond donors (Lipinski definition) is 0. The van der Waals surface area contributed by atoms with Gasteiger partial charge in [-0.3, -0.25) is 4.79 Å². The van der Waals surface area contributed by atoms with Crippen LogP contribution in [0.1, 0.15) is 32.9 Å². The van der Waals surface area contributed by atoms with Crippen LogP contribution in [0.2, 0.25) is 0 Å². The largest absolute Gasteiger partial charge is 0.489 e. The number of hydrogen-bond acceptors (Lipinski definition) is 5. The highest BCUT2D eigenvalue weighted by Gasteiger charge is 2.31. The molecule has 0 atom stereocenters. The van der Waals surface area contributed by atoms with Gasteiger partial charge in [0.15, 0.2) is 0 Å². The Labute approximate surface area is 189 Å². The molecule has 0 spiro atoms. The molecule has 33 heavy (non-hydrogen) atoms. The van der Waals surface area contributed by atoms with E-state index in [1.807, 2.05) is 18.7 Å². The van der Waals surface area contributed by atoms with E-state index in [1.165, 1.54) is 6.07 Å². The summed E-state index contributed by atoms with van der Waals surface area (Å²) >= 11 is 0. The van der Waals surface area contributed by atoms with E-state index in [0.29, 0.717) is 55.5 Å². The second kappa shape index (κ2) is 9.17. The highest BCUT2D eigenvalue weighted by molar-refractivity contribution is 5.94. The molecule has 1 saturated heterocycles. The number of anilines is 1. The third-order valence-electron chi connectivity index (χ3n) is 5.77. The average molecular weight is 459 g/mol. The van der Waals surface area contributed by atoms with Gasteiger partial charge in [-0.1, -0.05) is 11.2 Å². The molecule has 0 radical (unpaired) electrons. The van der Waals surface area contributed by atoms with Crippen LogP contribution in [0.3, 0.4) is 0 Å². The van der Waals surface area contributed by atoms with Gasteiger partial charge in [-0.2, -0.15) is 13.2 Å². The molecule has 1 fully saturated rings. The van der Waals surface area contributed by atoms with Gasteiger partial charge in [0, 0.05) is 37.4 Å². The minimum absolute atomic E-state index is 0.115. The molecule has 0 unspecified atom stereocenters. The van der Waals surface area contributed by atoms with Crippen molar-refractivity contribution in [2.45, 2.75) is 26.6 Å². The lowest BCUT2D eigenvalue weighted by molar-refractivity contribution is -0.137. The lowest BCUT2D eigenvalue weighted by atomic mass is 10.1. The Bertz CT molecular complexity index is 1100. The zero-order valence-corrected chi connectivity index (χ0v) is 18.4. The van der Waals surface area contributed by atoms with Crippen molar-refractivity contribution in [3.05, 3.63) is 76.7 Å². The summed E-state index contributed by atoms with van der Waals surface area (Å²) in [5, 5.41) is 3.90. The summed E-state index contributed by atoms with van der Waals surface area (Å²) in [6.07, 6.45) is -4.38. The Hall–Kier alpha value is -3.49. The number of halogens is 3. The van der Waals surface area contributed by atoms with E-state index < -0.39 is 11.7 Å². The van der Waals surface area contributed by atoms with Crippen LogP contribution in [0.5, 0.6) is 5.75 Å². The molecule has 2 aromatic carbocycles. The first-order valence-corrected chi connectivity index (χ1v) is 10.6. The van der Waals surface area contributed by atoms with Crippen LogP contribution in [0.4, 0.5) is 18.9 Å². The van der Waals surface area contributed by atoms with E-state index in [1.54, 1.807) is 35.2 Å². The number of alkyl halides is 3. The minimum atomic E-state index is -4.38. The maximum Gasteiger partial charge on any atom is 0.416 e. The fraction of sp³-hybridized carbons (Fsp3) is 0.333. The molecule has 6 nitrogen and oxygen atoms in total. The summed E-state index contributed by atoms with van der Waals surface area (Å²) in [6.45, 7) is 5.79. The summed E-state index contributed by atoms with van der Waals surface area (Å²) < 4.78 is 49.9. The van der Waals surface area contributed by atoms with E-state index in [2.05, 4.69) is 5.16 Å². The van der Waals surface area contributed by atoms with E-state index in [4.69, 9.17) is 9.26 Å². The number of aryl methyl sites for hydroxylation is 2. The molecule has 4 rings (SSSR count). The van der Waals surface area contributed by atoms with Crippen molar-refractivity contribution in [3.63, 3.8) is 0 Å². The number of aromatic nitrogens is 1. The van der Waals surface area contributed by atoms with Gasteiger partial charge in [-0.15, -0.1) is 0 Å². The van der Waals surface area contributed by atoms with Gasteiger partial charge in [0.25, 0.3) is 5.91 Å². The fourth-order valence-electron chi connectivity index (χ4n) is 3.79.